The average molecular weight is 426 g/mol. The van der Waals surface area contributed by atoms with Gasteiger partial charge in [0.1, 0.15) is 0 Å². The molecule has 9 heteroatoms. The van der Waals surface area contributed by atoms with Crippen molar-refractivity contribution in [2.75, 3.05) is 22.8 Å². The predicted octanol–water partition coefficient (Wildman–Crippen LogP) is 2.86. The Bertz CT molecular complexity index is 1000. The van der Waals surface area contributed by atoms with E-state index in [1.54, 1.807) is 31.2 Å². The topological polar surface area (TPSA) is 107 Å². The van der Waals surface area contributed by atoms with Gasteiger partial charge in [-0.2, -0.15) is 0 Å². The second kappa shape index (κ2) is 9.70. The molecule has 0 atom stereocenters. The van der Waals surface area contributed by atoms with Gasteiger partial charge in [0.25, 0.3) is 0 Å². The molecule has 0 aliphatic rings. The maximum Gasteiger partial charge on any atom is 0.338 e. The smallest absolute Gasteiger partial charge is 0.338 e. The van der Waals surface area contributed by atoms with Crippen LogP contribution in [0.3, 0.4) is 0 Å². The van der Waals surface area contributed by atoms with Crippen molar-refractivity contribution < 1.29 is 26.4 Å². The van der Waals surface area contributed by atoms with Crippen LogP contribution in [0.25, 0.3) is 0 Å². The van der Waals surface area contributed by atoms with Gasteiger partial charge in [-0.05, 0) is 43.2 Å². The van der Waals surface area contributed by atoms with Crippen LogP contribution in [0.5, 0.6) is 0 Å². The zero-order valence-electron chi connectivity index (χ0n) is 15.5. The van der Waals surface area contributed by atoms with Crippen molar-refractivity contribution in [3.05, 3.63) is 60.2 Å². The molecule has 0 saturated carbocycles. The van der Waals surface area contributed by atoms with Gasteiger partial charge in [-0.3, -0.25) is 4.72 Å². The Morgan fingerprint density at radius 3 is 2.36 bits per heavy atom. The number of benzene rings is 2. The molecular formula is C19H23NO6S2. The van der Waals surface area contributed by atoms with Crippen molar-refractivity contribution in [1.82, 2.24) is 0 Å². The molecule has 0 heterocycles. The highest BCUT2D eigenvalue weighted by atomic mass is 32.2. The maximum absolute atomic E-state index is 12.2. The molecule has 1 N–H and O–H groups in total. The van der Waals surface area contributed by atoms with Gasteiger partial charge in [-0.1, -0.05) is 31.2 Å². The van der Waals surface area contributed by atoms with Crippen LogP contribution >= 0.6 is 0 Å². The molecule has 0 aliphatic carbocycles. The molecule has 2 rings (SSSR count). The summed E-state index contributed by atoms with van der Waals surface area (Å²) in [5.41, 5.74) is 0.456. The van der Waals surface area contributed by atoms with E-state index in [0.717, 1.165) is 0 Å². The molecule has 0 radical (unpaired) electrons. The van der Waals surface area contributed by atoms with E-state index in [2.05, 4.69) is 4.72 Å². The van der Waals surface area contributed by atoms with Crippen LogP contribution in [-0.4, -0.2) is 40.9 Å². The van der Waals surface area contributed by atoms with Gasteiger partial charge in [0.05, 0.1) is 28.6 Å². The van der Waals surface area contributed by atoms with Gasteiger partial charge in [-0.15, -0.1) is 0 Å². The van der Waals surface area contributed by atoms with Crippen LogP contribution in [0, 0.1) is 0 Å². The number of hydrogen-bond acceptors (Lipinski definition) is 6. The van der Waals surface area contributed by atoms with E-state index in [1.807, 2.05) is 0 Å². The standard InChI is InChI=1S/C19H23NO6S2/c1-2-13-28(24,25)20-17-9-6-8-16(15-17)19(21)26-12-7-14-27(22,23)18-10-4-3-5-11-18/h3-6,8-11,15,20H,2,7,12-14H2,1H3. The lowest BCUT2D eigenvalue weighted by Gasteiger charge is -2.09. The molecule has 2 aromatic rings. The lowest BCUT2D eigenvalue weighted by Crippen LogP contribution is -2.16. The van der Waals surface area contributed by atoms with Crippen LogP contribution in [0.4, 0.5) is 5.69 Å². The summed E-state index contributed by atoms with van der Waals surface area (Å²) in [4.78, 5) is 12.4. The van der Waals surface area contributed by atoms with Crippen LogP contribution in [0.2, 0.25) is 0 Å². The summed E-state index contributed by atoms with van der Waals surface area (Å²) in [5, 5.41) is 0. The molecule has 0 fully saturated rings. The largest absolute Gasteiger partial charge is 0.462 e. The summed E-state index contributed by atoms with van der Waals surface area (Å²) in [6, 6.07) is 14.0. The summed E-state index contributed by atoms with van der Waals surface area (Å²) in [5.74, 6) is -0.799. The Morgan fingerprint density at radius 2 is 1.68 bits per heavy atom. The van der Waals surface area contributed by atoms with E-state index >= 15 is 0 Å². The van der Waals surface area contributed by atoms with E-state index in [-0.39, 0.29) is 40.7 Å². The van der Waals surface area contributed by atoms with Crippen molar-refractivity contribution in [2.24, 2.45) is 0 Å². The second-order valence-corrected chi connectivity index (χ2v) is 10.1. The predicted molar refractivity (Wildman–Crippen MR) is 108 cm³/mol. The molecule has 2 aromatic carbocycles. The van der Waals surface area contributed by atoms with E-state index in [0.29, 0.717) is 6.42 Å². The third-order valence-electron chi connectivity index (χ3n) is 3.74. The van der Waals surface area contributed by atoms with Crippen LogP contribution in [0.1, 0.15) is 30.1 Å². The molecule has 0 unspecified atom stereocenters. The van der Waals surface area contributed by atoms with Crippen molar-refractivity contribution in [3.8, 4) is 0 Å². The molecule has 0 bridgehead atoms. The highest BCUT2D eigenvalue weighted by Gasteiger charge is 2.15. The van der Waals surface area contributed by atoms with Crippen LogP contribution < -0.4 is 4.72 Å². The van der Waals surface area contributed by atoms with Gasteiger partial charge in [0, 0.05) is 5.69 Å². The Kier molecular flexibility index (Phi) is 7.59. The summed E-state index contributed by atoms with van der Waals surface area (Å²) in [6.07, 6.45) is 0.634. The minimum atomic E-state index is -3.46. The molecule has 7 nitrogen and oxygen atoms in total. The molecule has 0 amide bonds. The number of nitrogens with one attached hydrogen (secondary N) is 1. The Balaban J connectivity index is 1.89. The molecule has 0 aliphatic heterocycles. The molecule has 152 valence electrons. The molecule has 0 aromatic heterocycles. The number of anilines is 1. The monoisotopic (exact) mass is 425 g/mol. The molecule has 0 spiro atoms. The quantitative estimate of drug-likeness (QED) is 0.463. The number of carbonyl (C=O) groups is 1. The number of sulfonamides is 1. The fourth-order valence-electron chi connectivity index (χ4n) is 2.45. The number of carbonyl (C=O) groups excluding carboxylic acids is 1. The van der Waals surface area contributed by atoms with E-state index < -0.39 is 25.8 Å². The van der Waals surface area contributed by atoms with E-state index in [1.165, 1.54) is 30.3 Å². The minimum Gasteiger partial charge on any atom is -0.462 e. The van der Waals surface area contributed by atoms with E-state index in [4.69, 9.17) is 4.74 Å². The first-order valence-electron chi connectivity index (χ1n) is 8.79. The van der Waals surface area contributed by atoms with Crippen LogP contribution in [0.15, 0.2) is 59.5 Å². The third kappa shape index (κ3) is 6.65. The first-order chi connectivity index (χ1) is 13.2. The van der Waals surface area contributed by atoms with Gasteiger partial charge in [0.15, 0.2) is 9.84 Å². The second-order valence-electron chi connectivity index (χ2n) is 6.12. The zero-order chi connectivity index (χ0) is 20.6. The van der Waals surface area contributed by atoms with Gasteiger partial charge in [-0.25, -0.2) is 21.6 Å². The van der Waals surface area contributed by atoms with Gasteiger partial charge >= 0.3 is 5.97 Å². The maximum atomic E-state index is 12.2. The molecule has 0 saturated heterocycles. The van der Waals surface area contributed by atoms with Gasteiger partial charge < -0.3 is 4.74 Å². The Hall–Kier alpha value is -2.39. The number of hydrogen-bond donors (Lipinski definition) is 1. The fraction of sp³-hybridized carbons (Fsp3) is 0.316. The summed E-state index contributed by atoms with van der Waals surface area (Å²) < 4.78 is 55.5. The number of sulfone groups is 1. The Labute approximate surface area is 165 Å². The highest BCUT2D eigenvalue weighted by molar-refractivity contribution is 7.92. The lowest BCUT2D eigenvalue weighted by molar-refractivity contribution is 0.0505. The minimum absolute atomic E-state index is 0.0163. The van der Waals surface area contributed by atoms with Crippen molar-refractivity contribution in [2.45, 2.75) is 24.7 Å². The van der Waals surface area contributed by atoms with Crippen molar-refractivity contribution in [1.29, 1.82) is 0 Å². The highest BCUT2D eigenvalue weighted by Crippen LogP contribution is 2.15. The zero-order valence-corrected chi connectivity index (χ0v) is 17.1. The fourth-order valence-corrected chi connectivity index (χ4v) is 4.88. The van der Waals surface area contributed by atoms with E-state index in [9.17, 15) is 21.6 Å². The first-order valence-corrected chi connectivity index (χ1v) is 12.1. The number of rotatable bonds is 10. The normalized spacial score (nSPS) is 11.8. The SMILES string of the molecule is CCCS(=O)(=O)Nc1cccc(C(=O)OCCCS(=O)(=O)c2ccccc2)c1. The number of esters is 1. The first kappa shape index (κ1) is 21.9. The summed E-state index contributed by atoms with van der Waals surface area (Å²) in [6.45, 7) is 1.70. The molecular weight excluding hydrogens is 402 g/mol. The lowest BCUT2D eigenvalue weighted by atomic mass is 10.2. The van der Waals surface area contributed by atoms with Crippen molar-refractivity contribution >= 4 is 31.5 Å². The number of ether oxygens (including phenoxy) is 1. The van der Waals surface area contributed by atoms with Gasteiger partial charge in [0.2, 0.25) is 10.0 Å². The summed E-state index contributed by atoms with van der Waals surface area (Å²) >= 11 is 0. The van der Waals surface area contributed by atoms with Crippen LogP contribution in [-0.2, 0) is 24.6 Å². The van der Waals surface area contributed by atoms with Crippen molar-refractivity contribution in [3.63, 3.8) is 0 Å². The summed E-state index contributed by atoms with van der Waals surface area (Å²) in [7, 11) is -6.88. The third-order valence-corrected chi connectivity index (χ3v) is 7.05. The Morgan fingerprint density at radius 1 is 0.964 bits per heavy atom. The average Bonchev–Trinajstić information content (AvgIpc) is 2.65. The molecule has 28 heavy (non-hydrogen) atoms.